The maximum atomic E-state index is 9.29. The molecule has 2 aromatic carbocycles. The van der Waals surface area contributed by atoms with E-state index in [0.717, 1.165) is 16.5 Å². The van der Waals surface area contributed by atoms with Crippen LogP contribution in [0.15, 0.2) is 48.5 Å². The third-order valence-corrected chi connectivity index (χ3v) is 3.25. The lowest BCUT2D eigenvalue weighted by molar-refractivity contribution is 0.462. The summed E-state index contributed by atoms with van der Waals surface area (Å²) in [5, 5.41) is 10.2. The maximum Gasteiger partial charge on any atom is 0.237 e. The van der Waals surface area contributed by atoms with Crippen LogP contribution < -0.4 is 10.5 Å². The van der Waals surface area contributed by atoms with E-state index in [1.54, 1.807) is 12.1 Å². The minimum atomic E-state index is 0.275. The highest BCUT2D eigenvalue weighted by Crippen LogP contribution is 2.32. The van der Waals surface area contributed by atoms with Crippen LogP contribution >= 0.6 is 0 Å². The molecular formula is C17H13N3O. The minimum Gasteiger partial charge on any atom is -0.435 e. The number of nitriles is 1. The van der Waals surface area contributed by atoms with Crippen molar-refractivity contribution in [3.05, 3.63) is 59.7 Å². The number of benzene rings is 2. The average molecular weight is 275 g/mol. The van der Waals surface area contributed by atoms with Gasteiger partial charge in [-0.25, -0.2) is 4.98 Å². The number of anilines is 1. The molecule has 0 atom stereocenters. The van der Waals surface area contributed by atoms with Crippen molar-refractivity contribution in [2.75, 3.05) is 5.73 Å². The van der Waals surface area contributed by atoms with Gasteiger partial charge in [0.15, 0.2) is 5.75 Å². The van der Waals surface area contributed by atoms with Crippen molar-refractivity contribution in [2.45, 2.75) is 6.92 Å². The fourth-order valence-electron chi connectivity index (χ4n) is 2.17. The van der Waals surface area contributed by atoms with Gasteiger partial charge >= 0.3 is 0 Å². The normalized spacial score (nSPS) is 10.3. The Kier molecular flexibility index (Phi) is 3.17. The first-order valence-electron chi connectivity index (χ1n) is 6.52. The SMILES string of the molecule is Cc1cccc(N)c1Oc1nc2ccccc2cc1C#N. The summed E-state index contributed by atoms with van der Waals surface area (Å²) in [4.78, 5) is 4.42. The summed E-state index contributed by atoms with van der Waals surface area (Å²) in [6, 6.07) is 17.0. The van der Waals surface area contributed by atoms with Gasteiger partial charge in [0.1, 0.15) is 11.6 Å². The first kappa shape index (κ1) is 12.9. The van der Waals surface area contributed by atoms with Gasteiger partial charge in [0.2, 0.25) is 5.88 Å². The summed E-state index contributed by atoms with van der Waals surface area (Å²) in [6.07, 6.45) is 0. The quantitative estimate of drug-likeness (QED) is 0.722. The lowest BCUT2D eigenvalue weighted by Gasteiger charge is -2.12. The number of rotatable bonds is 2. The van der Waals surface area contributed by atoms with Gasteiger partial charge < -0.3 is 10.5 Å². The van der Waals surface area contributed by atoms with Crippen molar-refractivity contribution >= 4 is 16.6 Å². The van der Waals surface area contributed by atoms with E-state index >= 15 is 0 Å². The maximum absolute atomic E-state index is 9.29. The van der Waals surface area contributed by atoms with Crippen molar-refractivity contribution in [3.8, 4) is 17.7 Å². The number of nitrogens with zero attached hydrogens (tertiary/aromatic N) is 2. The fourth-order valence-corrected chi connectivity index (χ4v) is 2.17. The van der Waals surface area contributed by atoms with Gasteiger partial charge in [0, 0.05) is 5.39 Å². The summed E-state index contributed by atoms with van der Waals surface area (Å²) in [7, 11) is 0. The highest BCUT2D eigenvalue weighted by molar-refractivity contribution is 5.81. The number of nitrogens with two attached hydrogens (primary N) is 1. The van der Waals surface area contributed by atoms with Crippen molar-refractivity contribution in [3.63, 3.8) is 0 Å². The van der Waals surface area contributed by atoms with Crippen LogP contribution in [0.25, 0.3) is 10.9 Å². The fraction of sp³-hybridized carbons (Fsp3) is 0.0588. The second-order valence-corrected chi connectivity index (χ2v) is 4.74. The Bertz CT molecular complexity index is 845. The van der Waals surface area contributed by atoms with Crippen molar-refractivity contribution < 1.29 is 4.74 Å². The first-order chi connectivity index (χ1) is 10.2. The molecule has 21 heavy (non-hydrogen) atoms. The highest BCUT2D eigenvalue weighted by atomic mass is 16.5. The Morgan fingerprint density at radius 1 is 1.14 bits per heavy atom. The van der Waals surface area contributed by atoms with E-state index in [2.05, 4.69) is 11.1 Å². The number of hydrogen-bond donors (Lipinski definition) is 1. The number of fused-ring (bicyclic) bond motifs is 1. The van der Waals surface area contributed by atoms with Gasteiger partial charge in [0.05, 0.1) is 11.2 Å². The summed E-state index contributed by atoms with van der Waals surface area (Å²) in [6.45, 7) is 1.90. The Labute approximate surface area is 122 Å². The molecule has 4 heteroatoms. The number of aromatic nitrogens is 1. The molecule has 0 unspecified atom stereocenters. The molecule has 4 nitrogen and oxygen atoms in total. The van der Waals surface area contributed by atoms with Gasteiger partial charge in [-0.15, -0.1) is 0 Å². The molecule has 0 aliphatic heterocycles. The van der Waals surface area contributed by atoms with E-state index < -0.39 is 0 Å². The Balaban J connectivity index is 2.14. The molecule has 0 aliphatic rings. The molecule has 0 amide bonds. The zero-order chi connectivity index (χ0) is 14.8. The molecule has 0 fully saturated rings. The third-order valence-electron chi connectivity index (χ3n) is 3.25. The zero-order valence-corrected chi connectivity index (χ0v) is 11.5. The van der Waals surface area contributed by atoms with Gasteiger partial charge in [-0.3, -0.25) is 0 Å². The second-order valence-electron chi connectivity index (χ2n) is 4.74. The summed E-state index contributed by atoms with van der Waals surface area (Å²) in [5.41, 5.74) is 8.52. The van der Waals surface area contributed by atoms with Crippen LogP contribution in [0, 0.1) is 18.3 Å². The molecule has 0 radical (unpaired) electrons. The lowest BCUT2D eigenvalue weighted by Crippen LogP contribution is -1.98. The molecule has 0 saturated heterocycles. The van der Waals surface area contributed by atoms with E-state index in [0.29, 0.717) is 17.0 Å². The highest BCUT2D eigenvalue weighted by Gasteiger charge is 2.12. The number of hydrogen-bond acceptors (Lipinski definition) is 4. The predicted octanol–water partition coefficient (Wildman–Crippen LogP) is 3.79. The molecule has 3 rings (SSSR count). The van der Waals surface area contributed by atoms with Crippen molar-refractivity contribution in [1.29, 1.82) is 5.26 Å². The summed E-state index contributed by atoms with van der Waals surface area (Å²) >= 11 is 0. The van der Waals surface area contributed by atoms with Crippen molar-refractivity contribution in [2.24, 2.45) is 0 Å². The number of aryl methyl sites for hydroxylation is 1. The van der Waals surface area contributed by atoms with Gasteiger partial charge in [-0.1, -0.05) is 30.3 Å². The van der Waals surface area contributed by atoms with Crippen molar-refractivity contribution in [1.82, 2.24) is 4.98 Å². The molecule has 1 heterocycles. The van der Waals surface area contributed by atoms with E-state index in [4.69, 9.17) is 10.5 Å². The number of ether oxygens (including phenoxy) is 1. The van der Waals surface area contributed by atoms with Gasteiger partial charge in [-0.2, -0.15) is 5.26 Å². The topological polar surface area (TPSA) is 71.9 Å². The molecule has 0 saturated carbocycles. The van der Waals surface area contributed by atoms with E-state index in [1.807, 2.05) is 43.3 Å². The van der Waals surface area contributed by atoms with E-state index in [9.17, 15) is 5.26 Å². The molecule has 3 aromatic rings. The molecule has 0 spiro atoms. The van der Waals surface area contributed by atoms with Crippen LogP contribution in [0.4, 0.5) is 5.69 Å². The minimum absolute atomic E-state index is 0.275. The van der Waals surface area contributed by atoms with Crippen LogP contribution in [0.2, 0.25) is 0 Å². The van der Waals surface area contributed by atoms with Crippen LogP contribution in [0.3, 0.4) is 0 Å². The molecule has 0 bridgehead atoms. The standard InChI is InChI=1S/C17H13N3O/c1-11-5-4-7-14(19)16(11)21-17-13(10-18)9-12-6-2-3-8-15(12)20-17/h2-9H,19H2,1H3. The predicted molar refractivity (Wildman–Crippen MR) is 82.1 cm³/mol. The zero-order valence-electron chi connectivity index (χ0n) is 11.5. The molecule has 2 N–H and O–H groups in total. The monoisotopic (exact) mass is 275 g/mol. The summed E-state index contributed by atoms with van der Waals surface area (Å²) < 4.78 is 5.81. The first-order valence-corrected chi connectivity index (χ1v) is 6.52. The average Bonchev–Trinajstić information content (AvgIpc) is 2.50. The van der Waals surface area contributed by atoms with Crippen LogP contribution in [-0.2, 0) is 0 Å². The molecule has 102 valence electrons. The smallest absolute Gasteiger partial charge is 0.237 e. The molecular weight excluding hydrogens is 262 g/mol. The number of para-hydroxylation sites is 2. The summed E-state index contributed by atoms with van der Waals surface area (Å²) in [5.74, 6) is 0.814. The number of pyridine rings is 1. The van der Waals surface area contributed by atoms with Crippen LogP contribution in [0.5, 0.6) is 11.6 Å². The van der Waals surface area contributed by atoms with E-state index in [-0.39, 0.29) is 5.88 Å². The largest absolute Gasteiger partial charge is 0.435 e. The lowest BCUT2D eigenvalue weighted by atomic mass is 10.1. The van der Waals surface area contributed by atoms with Crippen LogP contribution in [-0.4, -0.2) is 4.98 Å². The molecule has 0 aliphatic carbocycles. The second kappa shape index (κ2) is 5.14. The third kappa shape index (κ3) is 2.37. The van der Waals surface area contributed by atoms with Gasteiger partial charge in [-0.05, 0) is 30.7 Å². The number of nitrogen functional groups attached to an aromatic ring is 1. The van der Waals surface area contributed by atoms with Gasteiger partial charge in [0.25, 0.3) is 0 Å². The van der Waals surface area contributed by atoms with Crippen LogP contribution in [0.1, 0.15) is 11.1 Å². The Hall–Kier alpha value is -3.06. The van der Waals surface area contributed by atoms with E-state index in [1.165, 1.54) is 0 Å². The molecule has 1 aromatic heterocycles. The Morgan fingerprint density at radius 2 is 1.95 bits per heavy atom. The Morgan fingerprint density at radius 3 is 2.71 bits per heavy atom.